The molecular weight excluding hydrogens is 394 g/mol. The number of fused-ring (bicyclic) bond motifs is 3. The van der Waals surface area contributed by atoms with Gasteiger partial charge in [-0.2, -0.15) is 10.5 Å². The molecule has 4 heteroatoms. The van der Waals surface area contributed by atoms with E-state index >= 15 is 0 Å². The number of nitriles is 2. The van der Waals surface area contributed by atoms with Gasteiger partial charge in [-0.25, -0.2) is 0 Å². The molecule has 1 saturated heterocycles. The fraction of sp³-hybridized carbons (Fsp3) is 0.179. The van der Waals surface area contributed by atoms with Crippen molar-refractivity contribution in [2.45, 2.75) is 24.9 Å². The van der Waals surface area contributed by atoms with Crippen molar-refractivity contribution in [3.63, 3.8) is 0 Å². The van der Waals surface area contributed by atoms with Gasteiger partial charge < -0.3 is 4.90 Å². The minimum Gasteiger partial charge on any atom is -0.357 e. The van der Waals surface area contributed by atoms with Crippen LogP contribution in [0.1, 0.15) is 44.6 Å². The molecule has 0 amide bonds. The first kappa shape index (κ1) is 19.8. The zero-order valence-electron chi connectivity index (χ0n) is 17.6. The van der Waals surface area contributed by atoms with Crippen LogP contribution in [0.15, 0.2) is 85.1 Å². The van der Waals surface area contributed by atoms with Crippen molar-refractivity contribution in [3.8, 4) is 12.1 Å². The molecule has 4 nitrogen and oxygen atoms in total. The van der Waals surface area contributed by atoms with Crippen LogP contribution >= 0.6 is 0 Å². The van der Waals surface area contributed by atoms with Crippen LogP contribution in [0.25, 0.3) is 6.08 Å². The molecule has 3 aromatic carbocycles. The van der Waals surface area contributed by atoms with Crippen molar-refractivity contribution >= 4 is 11.9 Å². The molecule has 0 saturated carbocycles. The van der Waals surface area contributed by atoms with E-state index in [0.29, 0.717) is 5.56 Å². The summed E-state index contributed by atoms with van der Waals surface area (Å²) in [5, 5.41) is 21.0. The molecule has 3 aromatic rings. The Bertz CT molecular complexity index is 1280. The van der Waals surface area contributed by atoms with Gasteiger partial charge in [0.05, 0.1) is 18.2 Å². The van der Waals surface area contributed by atoms with Crippen molar-refractivity contribution in [2.75, 3.05) is 0 Å². The fourth-order valence-electron chi connectivity index (χ4n) is 5.22. The van der Waals surface area contributed by atoms with E-state index in [1.165, 1.54) is 0 Å². The molecular formula is C28H21N3O. The summed E-state index contributed by atoms with van der Waals surface area (Å²) in [7, 11) is 0. The maximum atomic E-state index is 13.9. The Morgan fingerprint density at radius 1 is 0.906 bits per heavy atom. The lowest BCUT2D eigenvalue weighted by Gasteiger charge is -2.34. The molecule has 0 radical (unpaired) electrons. The summed E-state index contributed by atoms with van der Waals surface area (Å²) in [6, 6.07) is 28.3. The second-order valence-corrected chi connectivity index (χ2v) is 8.45. The zero-order chi connectivity index (χ0) is 22.3. The van der Waals surface area contributed by atoms with Gasteiger partial charge >= 0.3 is 0 Å². The van der Waals surface area contributed by atoms with Crippen LogP contribution in [0.2, 0.25) is 0 Å². The van der Waals surface area contributed by atoms with E-state index in [-0.39, 0.29) is 5.78 Å². The molecule has 0 N–H and O–H groups in total. The Kier molecular flexibility index (Phi) is 4.65. The predicted octanol–water partition coefficient (Wildman–Crippen LogP) is 5.40. The van der Waals surface area contributed by atoms with Gasteiger partial charge in [0.2, 0.25) is 0 Å². The number of hydrogen-bond acceptors (Lipinski definition) is 4. The van der Waals surface area contributed by atoms with Gasteiger partial charge in [0.1, 0.15) is 6.04 Å². The van der Waals surface area contributed by atoms with Crippen LogP contribution in [-0.4, -0.2) is 16.7 Å². The largest absolute Gasteiger partial charge is 0.357 e. The first-order valence-electron chi connectivity index (χ1n) is 10.6. The standard InChI is InChI=1S/C28H21N3O/c1-19-11-13-22(14-12-19)26(32)25-24(21-8-3-2-4-9-21)28(17-29,18-30)27-23-10-6-5-7-20(23)15-16-31(25)27/h2-16,24-25,27H,1H3/t24-,25+,27+/m1/s1. The van der Waals surface area contributed by atoms with Crippen LogP contribution in [-0.2, 0) is 0 Å². The SMILES string of the molecule is Cc1ccc(C(=O)[C@@H]2[C@@H](c3ccccc3)C(C#N)(C#N)[C@@H]3c4ccccc4C=CN23)cc1. The number of Topliss-reactive ketones (excluding diaryl/α,β-unsaturated/α-hetero) is 1. The molecule has 0 bridgehead atoms. The fourth-order valence-corrected chi connectivity index (χ4v) is 5.22. The van der Waals surface area contributed by atoms with Gasteiger partial charge in [-0.3, -0.25) is 4.79 Å². The van der Waals surface area contributed by atoms with Gasteiger partial charge in [-0.05, 0) is 29.7 Å². The second kappa shape index (κ2) is 7.52. The maximum Gasteiger partial charge on any atom is 0.185 e. The van der Waals surface area contributed by atoms with E-state index in [4.69, 9.17) is 0 Å². The summed E-state index contributed by atoms with van der Waals surface area (Å²) in [5.74, 6) is -0.687. The van der Waals surface area contributed by atoms with E-state index in [0.717, 1.165) is 22.3 Å². The summed E-state index contributed by atoms with van der Waals surface area (Å²) in [4.78, 5) is 15.9. The molecule has 3 atom stereocenters. The van der Waals surface area contributed by atoms with Gasteiger partial charge in [-0.15, -0.1) is 0 Å². The van der Waals surface area contributed by atoms with Crippen molar-refractivity contribution < 1.29 is 4.79 Å². The Labute approximate surface area is 187 Å². The molecule has 0 aromatic heterocycles. The molecule has 0 aliphatic carbocycles. The van der Waals surface area contributed by atoms with Gasteiger partial charge in [0.25, 0.3) is 0 Å². The Balaban J connectivity index is 1.76. The van der Waals surface area contributed by atoms with E-state index in [2.05, 4.69) is 12.1 Å². The summed E-state index contributed by atoms with van der Waals surface area (Å²) in [5.41, 5.74) is 2.92. The average Bonchev–Trinajstić information content (AvgIpc) is 3.15. The Hall–Kier alpha value is -4.15. The van der Waals surface area contributed by atoms with Crippen molar-refractivity contribution in [1.82, 2.24) is 4.90 Å². The number of nitrogens with zero attached hydrogens (tertiary/aromatic N) is 3. The highest BCUT2D eigenvalue weighted by atomic mass is 16.1. The summed E-state index contributed by atoms with van der Waals surface area (Å²) in [6.45, 7) is 1.98. The van der Waals surface area contributed by atoms with Crippen LogP contribution in [0.3, 0.4) is 0 Å². The third-order valence-corrected chi connectivity index (χ3v) is 6.71. The highest BCUT2D eigenvalue weighted by Crippen LogP contribution is 2.59. The smallest absolute Gasteiger partial charge is 0.185 e. The molecule has 2 aliphatic heterocycles. The number of carbonyl (C=O) groups excluding carboxylic acids is 1. The third-order valence-electron chi connectivity index (χ3n) is 6.71. The normalized spacial score (nSPS) is 22.3. The summed E-state index contributed by atoms with van der Waals surface area (Å²) < 4.78 is 0. The molecule has 0 unspecified atom stereocenters. The Morgan fingerprint density at radius 2 is 1.56 bits per heavy atom. The summed E-state index contributed by atoms with van der Waals surface area (Å²) >= 11 is 0. The first-order valence-corrected chi connectivity index (χ1v) is 10.6. The number of hydrogen-bond donors (Lipinski definition) is 0. The zero-order valence-corrected chi connectivity index (χ0v) is 17.6. The number of benzene rings is 3. The second-order valence-electron chi connectivity index (χ2n) is 8.45. The topological polar surface area (TPSA) is 67.9 Å². The van der Waals surface area contributed by atoms with Crippen molar-refractivity contribution in [2.24, 2.45) is 5.41 Å². The highest BCUT2D eigenvalue weighted by Gasteiger charge is 2.63. The van der Waals surface area contributed by atoms with Crippen molar-refractivity contribution in [1.29, 1.82) is 10.5 Å². The number of carbonyl (C=O) groups is 1. The average molecular weight is 415 g/mol. The number of rotatable bonds is 3. The minimum absolute atomic E-state index is 0.0831. The van der Waals surface area contributed by atoms with Crippen LogP contribution in [0.5, 0.6) is 0 Å². The first-order chi connectivity index (χ1) is 15.6. The molecule has 1 fully saturated rings. The van der Waals surface area contributed by atoms with Crippen LogP contribution in [0, 0.1) is 35.0 Å². The maximum absolute atomic E-state index is 13.9. The van der Waals surface area contributed by atoms with Crippen molar-refractivity contribution in [3.05, 3.63) is 113 Å². The lowest BCUT2D eigenvalue weighted by atomic mass is 9.67. The number of aryl methyl sites for hydroxylation is 1. The van der Waals surface area contributed by atoms with Gasteiger partial charge in [-0.1, -0.05) is 84.4 Å². The molecule has 2 heterocycles. The van der Waals surface area contributed by atoms with E-state index in [1.807, 2.05) is 103 Å². The minimum atomic E-state index is -1.42. The molecule has 0 spiro atoms. The molecule has 154 valence electrons. The Morgan fingerprint density at radius 3 is 2.25 bits per heavy atom. The predicted molar refractivity (Wildman–Crippen MR) is 122 cm³/mol. The molecule has 5 rings (SSSR count). The number of ketones is 1. The van der Waals surface area contributed by atoms with E-state index in [1.54, 1.807) is 0 Å². The quantitative estimate of drug-likeness (QED) is 0.537. The molecule has 2 aliphatic rings. The molecule has 32 heavy (non-hydrogen) atoms. The van der Waals surface area contributed by atoms with E-state index in [9.17, 15) is 15.3 Å². The van der Waals surface area contributed by atoms with Crippen LogP contribution < -0.4 is 0 Å². The van der Waals surface area contributed by atoms with Gasteiger partial charge in [0.15, 0.2) is 11.2 Å². The van der Waals surface area contributed by atoms with E-state index < -0.39 is 23.4 Å². The lowest BCUT2D eigenvalue weighted by Crippen LogP contribution is -2.37. The van der Waals surface area contributed by atoms with Crippen LogP contribution in [0.4, 0.5) is 0 Å². The third kappa shape index (κ3) is 2.77. The van der Waals surface area contributed by atoms with Gasteiger partial charge in [0, 0.05) is 17.7 Å². The summed E-state index contributed by atoms with van der Waals surface area (Å²) in [6.07, 6.45) is 3.85. The highest BCUT2D eigenvalue weighted by molar-refractivity contribution is 6.01. The lowest BCUT2D eigenvalue weighted by molar-refractivity contribution is 0.0874. The monoisotopic (exact) mass is 415 g/mol.